The Morgan fingerprint density at radius 3 is 2.46 bits per heavy atom. The van der Waals surface area contributed by atoms with E-state index >= 15 is 0 Å². The van der Waals surface area contributed by atoms with Gasteiger partial charge in [-0.3, -0.25) is 9.59 Å². The summed E-state index contributed by atoms with van der Waals surface area (Å²) in [4.78, 5) is 41.1. The van der Waals surface area contributed by atoms with Gasteiger partial charge in [-0.2, -0.15) is 0 Å². The molecule has 1 saturated carbocycles. The fraction of sp³-hybridized carbons (Fsp3) is 0.690. The van der Waals surface area contributed by atoms with Crippen LogP contribution in [0.4, 0.5) is 0 Å². The van der Waals surface area contributed by atoms with E-state index < -0.39 is 5.97 Å². The van der Waals surface area contributed by atoms with Crippen LogP contribution in [0.15, 0.2) is 6.07 Å². The minimum absolute atomic E-state index is 0.0401. The fourth-order valence-electron chi connectivity index (χ4n) is 5.43. The smallest absolute Gasteiger partial charge is 0.346 e. The number of carbonyl (C=O) groups excluding carboxylic acids is 2. The van der Waals surface area contributed by atoms with Crippen molar-refractivity contribution in [2.75, 3.05) is 13.1 Å². The van der Waals surface area contributed by atoms with Gasteiger partial charge in [0.25, 0.3) is 0 Å². The van der Waals surface area contributed by atoms with Gasteiger partial charge < -0.3 is 10.0 Å². The van der Waals surface area contributed by atoms with E-state index in [1.54, 1.807) is 0 Å². The van der Waals surface area contributed by atoms with E-state index in [0.717, 1.165) is 49.1 Å². The monoisotopic (exact) mass is 499 g/mol. The van der Waals surface area contributed by atoms with Crippen molar-refractivity contribution in [2.24, 2.45) is 29.1 Å². The van der Waals surface area contributed by atoms with Gasteiger partial charge in [0.2, 0.25) is 5.91 Å². The number of amides is 1. The van der Waals surface area contributed by atoms with Crippen LogP contribution in [0.5, 0.6) is 0 Å². The molecule has 5 nitrogen and oxygen atoms in total. The molecule has 0 aromatic carbocycles. The molecule has 6 heteroatoms. The summed E-state index contributed by atoms with van der Waals surface area (Å²) in [5, 5.41) is 9.86. The third kappa shape index (κ3) is 7.43. The van der Waals surface area contributed by atoms with Crippen molar-refractivity contribution in [3.8, 4) is 11.8 Å². The van der Waals surface area contributed by atoms with Crippen molar-refractivity contribution in [3.63, 3.8) is 0 Å². The molecule has 2 fully saturated rings. The van der Waals surface area contributed by atoms with Crippen molar-refractivity contribution in [1.29, 1.82) is 0 Å². The summed E-state index contributed by atoms with van der Waals surface area (Å²) in [6, 6.07) is 1.89. The Morgan fingerprint density at radius 1 is 1.20 bits per heavy atom. The Balaban J connectivity index is 1.81. The molecule has 1 N–H and O–H groups in total. The number of hydrogen-bond donors (Lipinski definition) is 1. The molecule has 3 rings (SSSR count). The quantitative estimate of drug-likeness (QED) is 0.420. The van der Waals surface area contributed by atoms with Crippen LogP contribution in [-0.2, 0) is 16.0 Å². The number of carbonyl (C=O) groups is 3. The van der Waals surface area contributed by atoms with Crippen LogP contribution in [-0.4, -0.2) is 40.8 Å². The van der Waals surface area contributed by atoms with Crippen molar-refractivity contribution in [3.05, 3.63) is 21.4 Å². The number of nitrogens with zero attached hydrogens (tertiary/aromatic N) is 1. The summed E-state index contributed by atoms with van der Waals surface area (Å²) >= 11 is 1.21. The van der Waals surface area contributed by atoms with Crippen LogP contribution in [0, 0.1) is 40.9 Å². The molecule has 1 amide bonds. The maximum absolute atomic E-state index is 13.1. The van der Waals surface area contributed by atoms with Gasteiger partial charge in [-0.25, -0.2) is 4.79 Å². The number of Topliss-reactive ketones (excluding diaryl/α,β-unsaturated/α-hetero) is 1. The molecule has 1 saturated heterocycles. The molecule has 0 radical (unpaired) electrons. The number of likely N-dealkylation sites (tertiary alicyclic amines) is 1. The van der Waals surface area contributed by atoms with E-state index in [2.05, 4.69) is 18.8 Å². The highest BCUT2D eigenvalue weighted by Gasteiger charge is 2.37. The average molecular weight is 500 g/mol. The molecule has 2 atom stereocenters. The van der Waals surface area contributed by atoms with E-state index in [0.29, 0.717) is 42.4 Å². The molecule has 0 spiro atoms. The summed E-state index contributed by atoms with van der Waals surface area (Å²) in [7, 11) is 0. The molecule has 1 aromatic rings. The molecule has 1 aromatic heterocycles. The molecule has 2 aliphatic rings. The third-order valence-electron chi connectivity index (χ3n) is 7.57. The summed E-state index contributed by atoms with van der Waals surface area (Å²) in [5.74, 6) is 6.50. The first kappa shape index (κ1) is 27.5. The second-order valence-corrected chi connectivity index (χ2v) is 12.6. The lowest BCUT2D eigenvalue weighted by Crippen LogP contribution is -2.31. The molecular weight excluding hydrogens is 458 g/mol. The lowest BCUT2D eigenvalue weighted by Gasteiger charge is -2.27. The maximum atomic E-state index is 13.1. The van der Waals surface area contributed by atoms with Gasteiger partial charge in [0.15, 0.2) is 0 Å². The van der Waals surface area contributed by atoms with Crippen LogP contribution in [0.2, 0.25) is 0 Å². The van der Waals surface area contributed by atoms with E-state index in [9.17, 15) is 19.5 Å². The minimum Gasteiger partial charge on any atom is -0.477 e. The second kappa shape index (κ2) is 11.7. The summed E-state index contributed by atoms with van der Waals surface area (Å²) in [6.07, 6.45) is 6.55. The maximum Gasteiger partial charge on any atom is 0.346 e. The van der Waals surface area contributed by atoms with Crippen molar-refractivity contribution in [2.45, 2.75) is 86.0 Å². The SMILES string of the molecule is CCN1CCC(C(CCC(=O)C2CCC(C)CC2)Cc2cc(C#CC(C)(C)C)sc2C(=O)O)C1=O. The van der Waals surface area contributed by atoms with Gasteiger partial charge in [0.05, 0.1) is 4.88 Å². The Kier molecular flexibility index (Phi) is 9.21. The lowest BCUT2D eigenvalue weighted by molar-refractivity contribution is -0.133. The Morgan fingerprint density at radius 2 is 1.89 bits per heavy atom. The lowest BCUT2D eigenvalue weighted by atomic mass is 9.77. The number of carboxylic acid groups (broad SMARTS) is 1. The molecule has 1 aliphatic heterocycles. The molecule has 0 bridgehead atoms. The minimum atomic E-state index is -0.951. The Bertz CT molecular complexity index is 985. The number of rotatable bonds is 9. The summed E-state index contributed by atoms with van der Waals surface area (Å²) < 4.78 is 0. The normalized spacial score (nSPS) is 23.6. The van der Waals surface area contributed by atoms with E-state index in [1.165, 1.54) is 11.3 Å². The number of hydrogen-bond acceptors (Lipinski definition) is 4. The van der Waals surface area contributed by atoms with Crippen molar-refractivity contribution < 1.29 is 19.5 Å². The van der Waals surface area contributed by atoms with Crippen LogP contribution < -0.4 is 0 Å². The number of carboxylic acids is 1. The molecule has 35 heavy (non-hydrogen) atoms. The highest BCUT2D eigenvalue weighted by Crippen LogP contribution is 2.36. The average Bonchev–Trinajstić information content (AvgIpc) is 3.38. The van der Waals surface area contributed by atoms with Crippen LogP contribution in [0.25, 0.3) is 0 Å². The highest BCUT2D eigenvalue weighted by molar-refractivity contribution is 7.14. The van der Waals surface area contributed by atoms with E-state index in [-0.39, 0.29) is 29.1 Å². The largest absolute Gasteiger partial charge is 0.477 e. The van der Waals surface area contributed by atoms with Gasteiger partial charge in [-0.05, 0) is 83.3 Å². The first-order valence-corrected chi connectivity index (χ1v) is 14.0. The van der Waals surface area contributed by atoms with Crippen molar-refractivity contribution >= 4 is 29.0 Å². The Hall–Kier alpha value is -2.13. The number of thiophene rings is 1. The molecular formula is C29H41NO4S. The van der Waals surface area contributed by atoms with Gasteiger partial charge in [0, 0.05) is 36.8 Å². The Labute approximate surface area is 214 Å². The first-order valence-electron chi connectivity index (χ1n) is 13.2. The topological polar surface area (TPSA) is 74.7 Å². The second-order valence-electron chi connectivity index (χ2n) is 11.5. The molecule has 2 unspecified atom stereocenters. The third-order valence-corrected chi connectivity index (χ3v) is 8.65. The zero-order valence-electron chi connectivity index (χ0n) is 22.0. The molecule has 192 valence electrons. The van der Waals surface area contributed by atoms with E-state index in [1.807, 2.05) is 38.7 Å². The standard InChI is InChI=1S/C29H41NO4S/c1-6-30-16-14-24(27(30)32)21(11-12-25(31)20-9-7-19(2)8-10-20)17-22-18-23(13-15-29(3,4)5)35-26(22)28(33)34/h18-21,24H,6-12,14,16-17H2,1-5H3,(H,33,34). The van der Waals surface area contributed by atoms with Crippen LogP contribution in [0.1, 0.15) is 99.7 Å². The summed E-state index contributed by atoms with van der Waals surface area (Å²) in [6.45, 7) is 11.7. The first-order chi connectivity index (χ1) is 16.5. The zero-order valence-corrected chi connectivity index (χ0v) is 22.8. The van der Waals surface area contributed by atoms with Gasteiger partial charge in [-0.15, -0.1) is 11.3 Å². The molecule has 1 aliphatic carbocycles. The number of ketones is 1. The van der Waals surface area contributed by atoms with Crippen molar-refractivity contribution in [1.82, 2.24) is 4.90 Å². The van der Waals surface area contributed by atoms with Crippen LogP contribution in [0.3, 0.4) is 0 Å². The number of aromatic carboxylic acids is 1. The van der Waals surface area contributed by atoms with Gasteiger partial charge >= 0.3 is 5.97 Å². The molecule has 2 heterocycles. The highest BCUT2D eigenvalue weighted by atomic mass is 32.1. The van der Waals surface area contributed by atoms with E-state index in [4.69, 9.17) is 0 Å². The fourth-order valence-corrected chi connectivity index (χ4v) is 6.31. The van der Waals surface area contributed by atoms with Gasteiger partial charge in [0.1, 0.15) is 10.7 Å². The van der Waals surface area contributed by atoms with Gasteiger partial charge in [-0.1, -0.05) is 31.6 Å². The zero-order chi connectivity index (χ0) is 25.8. The summed E-state index contributed by atoms with van der Waals surface area (Å²) in [5.41, 5.74) is 0.570. The van der Waals surface area contributed by atoms with Crippen LogP contribution >= 0.6 is 11.3 Å². The predicted molar refractivity (Wildman–Crippen MR) is 141 cm³/mol. The predicted octanol–water partition coefficient (Wildman–Crippen LogP) is 6.05.